The second-order valence-corrected chi connectivity index (χ2v) is 22.3. The predicted octanol–water partition coefficient (Wildman–Crippen LogP) is 4.71. The van der Waals surface area contributed by atoms with E-state index < -0.39 is 186 Å². The quantitative estimate of drug-likeness (QED) is 0.0223. The Bertz CT molecular complexity index is 1740. The minimum atomic E-state index is -2.64. The first-order chi connectivity index (χ1) is 41.3. The first kappa shape index (κ1) is 81.2. The molecule has 0 radical (unpaired) electrons. The third-order valence-electron chi connectivity index (χ3n) is 15.1. The van der Waals surface area contributed by atoms with Crippen LogP contribution < -0.4 is 0 Å². The van der Waals surface area contributed by atoms with Crippen LogP contribution in [0.3, 0.4) is 0 Å². The predicted molar refractivity (Wildman–Crippen MR) is 314 cm³/mol. The van der Waals surface area contributed by atoms with E-state index in [2.05, 4.69) is 13.8 Å². The third-order valence-corrected chi connectivity index (χ3v) is 15.1. The standard InChI is InChI=1S/C60H114O26/c1-3-5-7-9-11-13-15-17-19-21-23-25-27-35-80-55(44(84-59(79)53(75)48(70)42(67)31-34-63)38-82-57(77)51(73)46(68)40(65)29-32-61)56(81-36-28-26-24-22-20-18-16-14-12-10-8-6-4-2)45(39-83-58(78)52(74)47(69)41(66)30-33-62)86-60-54(76)50(72)49(71)43(37-64)85-60/h40-45,49-50,54-79H,3-39H2,1-2H3/b51-46+,52-47-,53-48-/t40-,41-,42-,43?,44+,45+,49-,50?,54?,55+,56+,57+,58+,59+,60+/m1/s1. The third kappa shape index (κ3) is 32.8. The highest BCUT2D eigenvalue weighted by molar-refractivity contribution is 5.08. The molecular weight excluding hydrogens is 1140 g/mol. The molecule has 0 spiro atoms. The Labute approximate surface area is 508 Å². The number of aliphatic hydroxyl groups is 19. The van der Waals surface area contributed by atoms with Crippen molar-refractivity contribution in [3.05, 3.63) is 34.6 Å². The highest BCUT2D eigenvalue weighted by Gasteiger charge is 2.48. The number of hydrogen-bond donors (Lipinski definition) is 19. The molecule has 510 valence electrons. The zero-order valence-corrected chi connectivity index (χ0v) is 51.2. The maximum Gasteiger partial charge on any atom is 0.217 e. The molecule has 26 heteroatoms. The summed E-state index contributed by atoms with van der Waals surface area (Å²) < 4.78 is 42.2. The zero-order valence-electron chi connectivity index (χ0n) is 51.2. The summed E-state index contributed by atoms with van der Waals surface area (Å²) in [7, 11) is 0. The van der Waals surface area contributed by atoms with Crippen molar-refractivity contribution in [1.29, 1.82) is 0 Å². The van der Waals surface area contributed by atoms with Crippen molar-refractivity contribution in [3.8, 4) is 0 Å². The molecule has 3 unspecified atom stereocenters. The summed E-state index contributed by atoms with van der Waals surface area (Å²) >= 11 is 0. The van der Waals surface area contributed by atoms with Gasteiger partial charge in [0, 0.05) is 52.3 Å². The van der Waals surface area contributed by atoms with Crippen molar-refractivity contribution in [1.82, 2.24) is 0 Å². The fourth-order valence-electron chi connectivity index (χ4n) is 9.71. The van der Waals surface area contributed by atoms with E-state index in [-0.39, 0.29) is 13.2 Å². The van der Waals surface area contributed by atoms with Crippen LogP contribution in [0.2, 0.25) is 0 Å². The average Bonchev–Trinajstić information content (AvgIpc) is 1.70. The van der Waals surface area contributed by atoms with Crippen LogP contribution >= 0.6 is 0 Å². The van der Waals surface area contributed by atoms with Crippen LogP contribution in [0.15, 0.2) is 34.6 Å². The molecule has 19 N–H and O–H groups in total. The molecule has 0 amide bonds. The number of rotatable bonds is 56. The first-order valence-electron chi connectivity index (χ1n) is 31.6. The van der Waals surface area contributed by atoms with E-state index in [9.17, 15) is 97.0 Å². The summed E-state index contributed by atoms with van der Waals surface area (Å²) in [5.41, 5.74) is 0. The van der Waals surface area contributed by atoms with Crippen molar-refractivity contribution in [2.75, 3.05) is 52.9 Å². The van der Waals surface area contributed by atoms with Gasteiger partial charge in [-0.2, -0.15) is 0 Å². The topological polar surface area (TPSA) is 449 Å². The normalized spacial score (nSPS) is 22.0. The van der Waals surface area contributed by atoms with Gasteiger partial charge < -0.3 is 130 Å². The summed E-state index contributed by atoms with van der Waals surface area (Å²) in [5, 5.41) is 201. The summed E-state index contributed by atoms with van der Waals surface area (Å²) in [5.74, 6) is -7.72. The number of ether oxygens (including phenoxy) is 7. The molecule has 0 aromatic rings. The van der Waals surface area contributed by atoms with Crippen LogP contribution in [0, 0.1) is 0 Å². The Balaban J connectivity index is 4.08. The van der Waals surface area contributed by atoms with Gasteiger partial charge >= 0.3 is 0 Å². The van der Waals surface area contributed by atoms with Gasteiger partial charge in [0.1, 0.15) is 67.1 Å². The number of unbranched alkanes of at least 4 members (excludes halogenated alkanes) is 24. The van der Waals surface area contributed by atoms with Crippen molar-refractivity contribution < 1.29 is 130 Å². The van der Waals surface area contributed by atoms with Crippen molar-refractivity contribution in [3.63, 3.8) is 0 Å². The summed E-state index contributed by atoms with van der Waals surface area (Å²) in [6.45, 7) is -0.992. The average molecular weight is 1250 g/mol. The second kappa shape index (κ2) is 49.9. The van der Waals surface area contributed by atoms with Crippen molar-refractivity contribution >= 4 is 0 Å². The number of hydrogen-bond acceptors (Lipinski definition) is 26. The summed E-state index contributed by atoms with van der Waals surface area (Å²) in [4.78, 5) is 0. The lowest BCUT2D eigenvalue weighted by atomic mass is 9.98. The minimum absolute atomic E-state index is 0.171. The smallest absolute Gasteiger partial charge is 0.217 e. The van der Waals surface area contributed by atoms with Crippen LogP contribution in [0.4, 0.5) is 0 Å². The van der Waals surface area contributed by atoms with E-state index in [1.54, 1.807) is 0 Å². The summed E-state index contributed by atoms with van der Waals surface area (Å²) in [6.07, 6.45) is -6.05. The Hall–Kier alpha value is -2.78. The van der Waals surface area contributed by atoms with E-state index in [1.165, 1.54) is 64.2 Å². The van der Waals surface area contributed by atoms with Gasteiger partial charge in [-0.3, -0.25) is 0 Å². The molecule has 15 atom stereocenters. The Morgan fingerprint density at radius 3 is 1.02 bits per heavy atom. The molecule has 1 saturated heterocycles. The molecule has 1 aliphatic heterocycles. The fourth-order valence-corrected chi connectivity index (χ4v) is 9.71. The van der Waals surface area contributed by atoms with Crippen LogP contribution in [0.25, 0.3) is 0 Å². The highest BCUT2D eigenvalue weighted by Crippen LogP contribution is 2.30. The molecule has 0 saturated carbocycles. The Morgan fingerprint density at radius 2 is 0.686 bits per heavy atom. The van der Waals surface area contributed by atoms with E-state index in [0.717, 1.165) is 77.0 Å². The lowest BCUT2D eigenvalue weighted by Crippen LogP contribution is -2.61. The van der Waals surface area contributed by atoms with Crippen LogP contribution in [0.1, 0.15) is 200 Å². The Kier molecular flexibility index (Phi) is 47.2. The Morgan fingerprint density at radius 1 is 0.372 bits per heavy atom. The molecule has 1 aliphatic rings. The maximum atomic E-state index is 11.5. The van der Waals surface area contributed by atoms with Gasteiger partial charge in [-0.25, -0.2) is 0 Å². The van der Waals surface area contributed by atoms with Gasteiger partial charge in [0.05, 0.1) is 19.8 Å². The highest BCUT2D eigenvalue weighted by atomic mass is 16.7. The van der Waals surface area contributed by atoms with Crippen LogP contribution in [-0.4, -0.2) is 242 Å². The van der Waals surface area contributed by atoms with Crippen LogP contribution in [0.5, 0.6) is 0 Å². The van der Waals surface area contributed by atoms with Crippen molar-refractivity contribution in [2.24, 2.45) is 0 Å². The molecule has 26 nitrogen and oxygen atoms in total. The molecular formula is C60H114O26. The molecule has 1 fully saturated rings. The molecule has 1 rings (SSSR count). The summed E-state index contributed by atoms with van der Waals surface area (Å²) in [6, 6.07) is 0. The van der Waals surface area contributed by atoms with E-state index in [0.29, 0.717) is 25.7 Å². The SMILES string of the molecule is CCCCCCCCCCCCCCCO[C@H]([C@@H](OCCCCCCCCCCCCCCC)[C@H](CO[C@H](O)/C(O)=C(\O)[C@H](O)CCO)O[C@H](O)/C(O)=C(/O)[C@H](O)CCO)[C@H](CO[C@H](O)/C(O)=C(/O)[C@H](O)CCO)O[C@@H]1OC(CO)[C@@H](O)C(O)C1O. The molecule has 0 bridgehead atoms. The van der Waals surface area contributed by atoms with E-state index in [4.69, 9.17) is 33.2 Å². The van der Waals surface area contributed by atoms with Gasteiger partial charge in [-0.05, 0) is 12.8 Å². The molecule has 0 aromatic carbocycles. The molecule has 1 heterocycles. The van der Waals surface area contributed by atoms with E-state index in [1.807, 2.05) is 0 Å². The zero-order chi connectivity index (χ0) is 64.2. The largest absolute Gasteiger partial charge is 0.506 e. The van der Waals surface area contributed by atoms with Gasteiger partial charge in [0.25, 0.3) is 0 Å². The van der Waals surface area contributed by atoms with Crippen LogP contribution in [-0.2, 0) is 33.2 Å². The maximum absolute atomic E-state index is 11.5. The van der Waals surface area contributed by atoms with Crippen molar-refractivity contribution in [2.45, 2.75) is 292 Å². The van der Waals surface area contributed by atoms with E-state index >= 15 is 0 Å². The molecule has 0 aliphatic carbocycles. The number of aliphatic hydroxyl groups excluding tert-OH is 19. The van der Waals surface area contributed by atoms with Gasteiger partial charge in [0.2, 0.25) is 18.9 Å². The monoisotopic (exact) mass is 1250 g/mol. The fraction of sp³-hybridized carbons (Fsp3) is 0.900. The lowest BCUT2D eigenvalue weighted by Gasteiger charge is -2.43. The molecule has 0 aromatic heterocycles. The van der Waals surface area contributed by atoms with Gasteiger partial charge in [-0.1, -0.05) is 168 Å². The molecule has 86 heavy (non-hydrogen) atoms. The van der Waals surface area contributed by atoms with Gasteiger partial charge in [-0.15, -0.1) is 0 Å². The lowest BCUT2D eigenvalue weighted by molar-refractivity contribution is -0.330. The first-order valence-corrected chi connectivity index (χ1v) is 31.6. The minimum Gasteiger partial charge on any atom is -0.506 e. The van der Waals surface area contributed by atoms with Gasteiger partial charge in [0.15, 0.2) is 40.8 Å². The second-order valence-electron chi connectivity index (χ2n) is 22.3.